The van der Waals surface area contributed by atoms with Gasteiger partial charge in [-0.1, -0.05) is 19.9 Å². The van der Waals surface area contributed by atoms with E-state index in [9.17, 15) is 4.79 Å². The molecule has 1 aliphatic carbocycles. The summed E-state index contributed by atoms with van der Waals surface area (Å²) in [7, 11) is 0. The summed E-state index contributed by atoms with van der Waals surface area (Å²) < 4.78 is 0. The van der Waals surface area contributed by atoms with Gasteiger partial charge in [-0.05, 0) is 30.3 Å². The van der Waals surface area contributed by atoms with Crippen LogP contribution in [-0.4, -0.2) is 6.29 Å². The van der Waals surface area contributed by atoms with Crippen molar-refractivity contribution >= 4 is 6.29 Å². The van der Waals surface area contributed by atoms with Gasteiger partial charge < -0.3 is 0 Å². The third kappa shape index (κ3) is 1.47. The molecule has 0 bridgehead atoms. The molecule has 0 spiro atoms. The van der Waals surface area contributed by atoms with Crippen LogP contribution in [0.15, 0.2) is 11.6 Å². The highest BCUT2D eigenvalue weighted by Gasteiger charge is 2.15. The molecule has 0 aromatic carbocycles. The summed E-state index contributed by atoms with van der Waals surface area (Å²) in [6, 6.07) is 0. The SMILES string of the molecule is CC1C=C(C=O)CCC1C. The van der Waals surface area contributed by atoms with Crippen LogP contribution in [0.5, 0.6) is 0 Å². The van der Waals surface area contributed by atoms with Crippen molar-refractivity contribution in [3.8, 4) is 0 Å². The topological polar surface area (TPSA) is 17.1 Å². The number of carbonyl (C=O) groups is 1. The predicted molar refractivity (Wildman–Crippen MR) is 41.7 cm³/mol. The molecule has 1 rings (SSSR count). The van der Waals surface area contributed by atoms with Gasteiger partial charge in [0.15, 0.2) is 0 Å². The smallest absolute Gasteiger partial charge is 0.145 e. The molecule has 1 heteroatoms. The molecule has 2 atom stereocenters. The first-order valence-corrected chi connectivity index (χ1v) is 3.90. The van der Waals surface area contributed by atoms with Crippen LogP contribution in [0.3, 0.4) is 0 Å². The Morgan fingerprint density at radius 2 is 2.30 bits per heavy atom. The lowest BCUT2D eigenvalue weighted by Crippen LogP contribution is -2.11. The maximum atomic E-state index is 10.3. The lowest BCUT2D eigenvalue weighted by atomic mass is 9.83. The molecule has 0 saturated carbocycles. The van der Waals surface area contributed by atoms with Crippen molar-refractivity contribution in [2.75, 3.05) is 0 Å². The Kier molecular flexibility index (Phi) is 2.25. The highest BCUT2D eigenvalue weighted by atomic mass is 16.1. The molecule has 0 heterocycles. The van der Waals surface area contributed by atoms with E-state index in [1.165, 1.54) is 6.42 Å². The quantitative estimate of drug-likeness (QED) is 0.507. The monoisotopic (exact) mass is 138 g/mol. The van der Waals surface area contributed by atoms with Crippen LogP contribution in [0.4, 0.5) is 0 Å². The van der Waals surface area contributed by atoms with Crippen molar-refractivity contribution in [1.82, 2.24) is 0 Å². The van der Waals surface area contributed by atoms with Crippen molar-refractivity contribution < 1.29 is 4.79 Å². The summed E-state index contributed by atoms with van der Waals surface area (Å²) in [5.74, 6) is 1.35. The van der Waals surface area contributed by atoms with Gasteiger partial charge in [0.1, 0.15) is 6.29 Å². The maximum Gasteiger partial charge on any atom is 0.145 e. The Morgan fingerprint density at radius 1 is 1.60 bits per heavy atom. The molecule has 0 fully saturated rings. The molecule has 10 heavy (non-hydrogen) atoms. The molecule has 1 aliphatic rings. The van der Waals surface area contributed by atoms with E-state index in [0.29, 0.717) is 5.92 Å². The van der Waals surface area contributed by atoms with E-state index in [0.717, 1.165) is 24.2 Å². The normalized spacial score (nSPS) is 33.2. The maximum absolute atomic E-state index is 10.3. The Labute approximate surface area is 62.1 Å². The predicted octanol–water partition coefficient (Wildman–Crippen LogP) is 2.18. The summed E-state index contributed by atoms with van der Waals surface area (Å²) >= 11 is 0. The lowest BCUT2D eigenvalue weighted by molar-refractivity contribution is -0.105. The van der Waals surface area contributed by atoms with E-state index in [1.54, 1.807) is 0 Å². The number of aldehydes is 1. The van der Waals surface area contributed by atoms with Crippen LogP contribution in [0.1, 0.15) is 26.7 Å². The van der Waals surface area contributed by atoms with Gasteiger partial charge in [0.25, 0.3) is 0 Å². The fraction of sp³-hybridized carbons (Fsp3) is 0.667. The molecular weight excluding hydrogens is 124 g/mol. The van der Waals surface area contributed by atoms with Gasteiger partial charge in [-0.3, -0.25) is 4.79 Å². The zero-order valence-corrected chi connectivity index (χ0v) is 6.63. The molecule has 56 valence electrons. The third-order valence-corrected chi connectivity index (χ3v) is 2.41. The van der Waals surface area contributed by atoms with Crippen LogP contribution in [0.25, 0.3) is 0 Å². The molecular formula is C9H14O. The largest absolute Gasteiger partial charge is 0.298 e. The van der Waals surface area contributed by atoms with Gasteiger partial charge in [0, 0.05) is 0 Å². The summed E-state index contributed by atoms with van der Waals surface area (Å²) in [5.41, 5.74) is 0.991. The van der Waals surface area contributed by atoms with E-state index >= 15 is 0 Å². The molecule has 0 amide bonds. The van der Waals surface area contributed by atoms with Gasteiger partial charge >= 0.3 is 0 Å². The summed E-state index contributed by atoms with van der Waals surface area (Å²) in [4.78, 5) is 10.3. The molecule has 2 unspecified atom stereocenters. The fourth-order valence-corrected chi connectivity index (χ4v) is 1.34. The minimum atomic E-state index is 0.592. The second-order valence-corrected chi connectivity index (χ2v) is 3.23. The standard InChI is InChI=1S/C9H14O/c1-7-3-4-9(6-10)5-8(7)2/h5-8H,3-4H2,1-2H3. The molecule has 0 aromatic rings. The van der Waals surface area contributed by atoms with E-state index in [1.807, 2.05) is 0 Å². The minimum absolute atomic E-state index is 0.592. The first kappa shape index (κ1) is 7.52. The zero-order chi connectivity index (χ0) is 7.56. The Hall–Kier alpha value is -0.590. The molecule has 0 N–H and O–H groups in total. The van der Waals surface area contributed by atoms with Gasteiger partial charge in [0.05, 0.1) is 0 Å². The number of carbonyl (C=O) groups excluding carboxylic acids is 1. The first-order chi connectivity index (χ1) is 4.74. The van der Waals surface area contributed by atoms with Crippen LogP contribution >= 0.6 is 0 Å². The number of allylic oxidation sites excluding steroid dienone is 2. The summed E-state index contributed by atoms with van der Waals surface area (Å²) in [5, 5.41) is 0. The van der Waals surface area contributed by atoms with E-state index < -0.39 is 0 Å². The first-order valence-electron chi connectivity index (χ1n) is 3.90. The average molecular weight is 138 g/mol. The average Bonchev–Trinajstić information content (AvgIpc) is 1.95. The molecule has 0 aromatic heterocycles. The third-order valence-electron chi connectivity index (χ3n) is 2.41. The second-order valence-electron chi connectivity index (χ2n) is 3.23. The van der Waals surface area contributed by atoms with Gasteiger partial charge in [0.2, 0.25) is 0 Å². The van der Waals surface area contributed by atoms with Gasteiger partial charge in [-0.15, -0.1) is 0 Å². The van der Waals surface area contributed by atoms with Crippen molar-refractivity contribution in [3.05, 3.63) is 11.6 Å². The second kappa shape index (κ2) is 3.00. The van der Waals surface area contributed by atoms with Crippen molar-refractivity contribution in [2.24, 2.45) is 11.8 Å². The summed E-state index contributed by atoms with van der Waals surface area (Å²) in [6.07, 6.45) is 5.24. The van der Waals surface area contributed by atoms with Crippen LogP contribution < -0.4 is 0 Å². The number of hydrogen-bond acceptors (Lipinski definition) is 1. The lowest BCUT2D eigenvalue weighted by Gasteiger charge is -2.21. The van der Waals surface area contributed by atoms with Crippen LogP contribution in [-0.2, 0) is 4.79 Å². The molecule has 1 nitrogen and oxygen atoms in total. The highest BCUT2D eigenvalue weighted by Crippen LogP contribution is 2.26. The molecule has 0 saturated heterocycles. The number of rotatable bonds is 1. The molecule has 0 radical (unpaired) electrons. The summed E-state index contributed by atoms with van der Waals surface area (Å²) in [6.45, 7) is 4.41. The Bertz CT molecular complexity index is 158. The van der Waals surface area contributed by atoms with Gasteiger partial charge in [-0.2, -0.15) is 0 Å². The van der Waals surface area contributed by atoms with Crippen molar-refractivity contribution in [2.45, 2.75) is 26.7 Å². The zero-order valence-electron chi connectivity index (χ0n) is 6.63. The van der Waals surface area contributed by atoms with Gasteiger partial charge in [-0.25, -0.2) is 0 Å². The fourth-order valence-electron chi connectivity index (χ4n) is 1.34. The Balaban J connectivity index is 2.65. The van der Waals surface area contributed by atoms with Crippen LogP contribution in [0.2, 0.25) is 0 Å². The van der Waals surface area contributed by atoms with E-state index in [2.05, 4.69) is 19.9 Å². The Morgan fingerprint density at radius 3 is 2.80 bits per heavy atom. The van der Waals surface area contributed by atoms with Crippen molar-refractivity contribution in [1.29, 1.82) is 0 Å². The van der Waals surface area contributed by atoms with Crippen molar-refractivity contribution in [3.63, 3.8) is 0 Å². The van der Waals surface area contributed by atoms with E-state index in [-0.39, 0.29) is 0 Å². The number of hydrogen-bond donors (Lipinski definition) is 0. The minimum Gasteiger partial charge on any atom is -0.298 e. The van der Waals surface area contributed by atoms with E-state index in [4.69, 9.17) is 0 Å². The highest BCUT2D eigenvalue weighted by molar-refractivity contribution is 5.73. The molecule has 0 aliphatic heterocycles. The van der Waals surface area contributed by atoms with Crippen LogP contribution in [0, 0.1) is 11.8 Å².